The Morgan fingerprint density at radius 2 is 1.27 bits per heavy atom. The van der Waals surface area contributed by atoms with Gasteiger partial charge in [0.15, 0.2) is 0 Å². The number of hydrogen-bond acceptors (Lipinski definition) is 6. The first-order valence-electron chi connectivity index (χ1n) is 14.7. The van der Waals surface area contributed by atoms with Crippen molar-refractivity contribution < 1.29 is 8.42 Å². The lowest BCUT2D eigenvalue weighted by molar-refractivity contribution is 0.598. The van der Waals surface area contributed by atoms with Crippen molar-refractivity contribution in [1.82, 2.24) is 4.98 Å². The number of aromatic nitrogens is 1. The van der Waals surface area contributed by atoms with Crippen LogP contribution in [0.2, 0.25) is 0 Å². The number of anilines is 3. The lowest BCUT2D eigenvalue weighted by Crippen LogP contribution is -2.36. The zero-order chi connectivity index (χ0) is 29.9. The van der Waals surface area contributed by atoms with Gasteiger partial charge in [-0.2, -0.15) is 0 Å². The summed E-state index contributed by atoms with van der Waals surface area (Å²) in [6.45, 7) is 0. The average Bonchev–Trinajstić information content (AvgIpc) is 3.85. The van der Waals surface area contributed by atoms with Gasteiger partial charge in [-0.05, 0) is 93.2 Å². The predicted octanol–water partition coefficient (Wildman–Crippen LogP) is 9.83. The first kappa shape index (κ1) is 25.5. The van der Waals surface area contributed by atoms with E-state index in [1.807, 2.05) is 66.9 Å². The molecule has 0 saturated carbocycles. The molecule has 0 radical (unpaired) electrons. The Morgan fingerprint density at radius 1 is 0.600 bits per heavy atom. The molecule has 0 saturated heterocycles. The minimum absolute atomic E-state index is 0.344. The van der Waals surface area contributed by atoms with Gasteiger partial charge in [0.2, 0.25) is 9.84 Å². The Kier molecular flexibility index (Phi) is 5.03. The van der Waals surface area contributed by atoms with E-state index >= 15 is 0 Å². The summed E-state index contributed by atoms with van der Waals surface area (Å²) in [5, 5.41) is 4.39. The molecule has 1 spiro atoms. The van der Waals surface area contributed by atoms with Crippen LogP contribution in [0.1, 0.15) is 22.3 Å². The maximum absolute atomic E-state index is 13.7. The highest BCUT2D eigenvalue weighted by Gasteiger charge is 2.53. The van der Waals surface area contributed by atoms with Gasteiger partial charge < -0.3 is 0 Å². The molecule has 5 heterocycles. The van der Waals surface area contributed by atoms with E-state index in [2.05, 4.69) is 58.1 Å². The number of pyridine rings is 1. The molecular weight excluding hydrogens is 613 g/mol. The van der Waals surface area contributed by atoms with Crippen molar-refractivity contribution in [2.45, 2.75) is 15.2 Å². The third-order valence-corrected chi connectivity index (χ3v) is 13.3. The molecule has 3 aromatic heterocycles. The molecule has 0 N–H and O–H groups in total. The van der Waals surface area contributed by atoms with Crippen molar-refractivity contribution in [2.24, 2.45) is 0 Å². The molecule has 1 aliphatic carbocycles. The number of benzene rings is 4. The van der Waals surface area contributed by atoms with Gasteiger partial charge in [-0.15, -0.1) is 22.7 Å². The number of thiophene rings is 2. The molecule has 0 fully saturated rings. The monoisotopic (exact) mass is 634 g/mol. The summed E-state index contributed by atoms with van der Waals surface area (Å²) in [5.41, 5.74) is 9.86. The first-order valence-corrected chi connectivity index (χ1v) is 17.9. The van der Waals surface area contributed by atoms with Crippen molar-refractivity contribution in [3.8, 4) is 32.0 Å². The zero-order valence-electron chi connectivity index (χ0n) is 23.6. The summed E-state index contributed by atoms with van der Waals surface area (Å²) in [5.74, 6) is 0.853. The molecule has 45 heavy (non-hydrogen) atoms. The molecular formula is C38H22N2O2S3. The number of sulfone groups is 1. The number of para-hydroxylation sites is 1. The van der Waals surface area contributed by atoms with Gasteiger partial charge in [-0.3, -0.25) is 4.90 Å². The molecule has 214 valence electrons. The summed E-state index contributed by atoms with van der Waals surface area (Å²) in [6.07, 6.45) is 1.85. The van der Waals surface area contributed by atoms with Crippen molar-refractivity contribution >= 4 is 49.7 Å². The second-order valence-electron chi connectivity index (χ2n) is 11.6. The van der Waals surface area contributed by atoms with Crippen molar-refractivity contribution in [1.29, 1.82) is 0 Å². The summed E-state index contributed by atoms with van der Waals surface area (Å²) in [6, 6.07) is 38.8. The fraction of sp³-hybridized carbons (Fsp3) is 0.0263. The Balaban J connectivity index is 1.22. The molecule has 0 amide bonds. The molecule has 7 heteroatoms. The van der Waals surface area contributed by atoms with E-state index in [-0.39, 0.29) is 0 Å². The Morgan fingerprint density at radius 3 is 2.04 bits per heavy atom. The van der Waals surface area contributed by atoms with Gasteiger partial charge in [0, 0.05) is 38.3 Å². The Hall–Kier alpha value is -4.82. The van der Waals surface area contributed by atoms with Crippen LogP contribution in [-0.2, 0) is 15.3 Å². The Labute approximate surface area is 268 Å². The van der Waals surface area contributed by atoms with Crippen LogP contribution in [-0.4, -0.2) is 13.4 Å². The molecule has 0 atom stereocenters. The van der Waals surface area contributed by atoms with Gasteiger partial charge in [0.25, 0.3) is 0 Å². The van der Waals surface area contributed by atoms with E-state index in [9.17, 15) is 8.42 Å². The summed E-state index contributed by atoms with van der Waals surface area (Å²) < 4.78 is 27.5. The molecule has 10 rings (SSSR count). The van der Waals surface area contributed by atoms with E-state index in [0.717, 1.165) is 45.0 Å². The van der Waals surface area contributed by atoms with Gasteiger partial charge in [-0.25, -0.2) is 13.4 Å². The van der Waals surface area contributed by atoms with Crippen molar-refractivity contribution in [3.05, 3.63) is 154 Å². The largest absolute Gasteiger partial charge is 0.294 e. The quantitative estimate of drug-likeness (QED) is 0.190. The highest BCUT2D eigenvalue weighted by molar-refractivity contribution is 7.92. The van der Waals surface area contributed by atoms with Crippen LogP contribution in [0.3, 0.4) is 0 Å². The van der Waals surface area contributed by atoms with E-state index in [1.54, 1.807) is 34.8 Å². The lowest BCUT2D eigenvalue weighted by atomic mass is 9.66. The highest BCUT2D eigenvalue weighted by Crippen LogP contribution is 2.65. The fourth-order valence-electron chi connectivity index (χ4n) is 7.67. The van der Waals surface area contributed by atoms with E-state index in [1.165, 1.54) is 26.4 Å². The van der Waals surface area contributed by atoms with Crippen LogP contribution in [0.25, 0.3) is 32.0 Å². The van der Waals surface area contributed by atoms with Crippen LogP contribution in [0.15, 0.2) is 142 Å². The predicted molar refractivity (Wildman–Crippen MR) is 182 cm³/mol. The topological polar surface area (TPSA) is 50.3 Å². The number of hydrogen-bond donors (Lipinski definition) is 0. The minimum atomic E-state index is -3.64. The standard InChI is InChI=1S/C38H22N2O2S3/c41-45(42)33-14-12-24(23-7-2-1-3-8-23)21-26(33)27-22-25(13-15-34(27)45)40-32-11-5-4-9-28(32)38(31-10-6-18-39-37(31)40)29-16-19-43-35(29)36-30(38)17-20-44-36/h1-22H. The normalized spacial score (nSPS) is 15.6. The number of fused-ring (bicyclic) bond motifs is 12. The first-order chi connectivity index (χ1) is 22.1. The number of rotatable bonds is 2. The lowest BCUT2D eigenvalue weighted by Gasteiger charge is -2.43. The van der Waals surface area contributed by atoms with Gasteiger partial charge >= 0.3 is 0 Å². The van der Waals surface area contributed by atoms with Crippen LogP contribution < -0.4 is 4.90 Å². The van der Waals surface area contributed by atoms with Gasteiger partial charge in [0.1, 0.15) is 5.82 Å². The maximum Gasteiger partial charge on any atom is 0.207 e. The summed E-state index contributed by atoms with van der Waals surface area (Å²) >= 11 is 3.60. The Bertz CT molecular complexity index is 2390. The van der Waals surface area contributed by atoms with Gasteiger partial charge in [0.05, 0.1) is 20.9 Å². The molecule has 4 nitrogen and oxygen atoms in total. The van der Waals surface area contributed by atoms with Crippen LogP contribution >= 0.6 is 22.7 Å². The SMILES string of the molecule is O=S1(=O)c2ccc(-c3ccccc3)cc2-c2cc(N3c4ccccc4C4(c5cccnc53)c3ccsc3-c3sccc34)ccc21. The zero-order valence-corrected chi connectivity index (χ0v) is 26.1. The third kappa shape index (κ3) is 3.15. The number of nitrogens with zero attached hydrogens (tertiary/aromatic N) is 2. The summed E-state index contributed by atoms with van der Waals surface area (Å²) in [4.78, 5) is 10.6. The smallest absolute Gasteiger partial charge is 0.207 e. The maximum atomic E-state index is 13.7. The highest BCUT2D eigenvalue weighted by atomic mass is 32.2. The molecule has 4 aromatic carbocycles. The van der Waals surface area contributed by atoms with Crippen molar-refractivity contribution in [3.63, 3.8) is 0 Å². The molecule has 2 aliphatic heterocycles. The van der Waals surface area contributed by atoms with Crippen LogP contribution in [0, 0.1) is 0 Å². The third-order valence-electron chi connectivity index (χ3n) is 9.47. The molecule has 7 aromatic rings. The average molecular weight is 635 g/mol. The minimum Gasteiger partial charge on any atom is -0.294 e. The molecule has 0 unspecified atom stereocenters. The van der Waals surface area contributed by atoms with E-state index < -0.39 is 15.3 Å². The fourth-order valence-corrected chi connectivity index (χ4v) is 11.4. The van der Waals surface area contributed by atoms with Crippen LogP contribution in [0.4, 0.5) is 17.2 Å². The molecule has 3 aliphatic rings. The second kappa shape index (κ2) is 8.88. The van der Waals surface area contributed by atoms with E-state index in [4.69, 9.17) is 4.98 Å². The molecule has 0 bridgehead atoms. The van der Waals surface area contributed by atoms with Gasteiger partial charge in [-0.1, -0.05) is 60.7 Å². The summed E-state index contributed by atoms with van der Waals surface area (Å²) in [7, 11) is -3.64. The second-order valence-corrected chi connectivity index (χ2v) is 15.3. The van der Waals surface area contributed by atoms with E-state index in [0.29, 0.717) is 9.79 Å². The van der Waals surface area contributed by atoms with Crippen molar-refractivity contribution in [2.75, 3.05) is 4.90 Å². The van der Waals surface area contributed by atoms with Crippen LogP contribution in [0.5, 0.6) is 0 Å².